The Hall–Kier alpha value is -2.00. The summed E-state index contributed by atoms with van der Waals surface area (Å²) in [7, 11) is 0. The van der Waals surface area contributed by atoms with Crippen molar-refractivity contribution >= 4 is 23.4 Å². The molecule has 1 rings (SSSR count). The van der Waals surface area contributed by atoms with Gasteiger partial charge in [0.05, 0.1) is 6.26 Å². The number of aryl methyl sites for hydroxylation is 1. The minimum absolute atomic E-state index is 0.544. The number of carbonyl (C=O) groups excluding carboxylic acids is 1. The minimum Gasteiger partial charge on any atom is -0.418 e. The second-order valence-electron chi connectivity index (χ2n) is 3.78. The molecule has 1 aromatic carbocycles. The van der Waals surface area contributed by atoms with Gasteiger partial charge in [-0.2, -0.15) is 0 Å². The van der Waals surface area contributed by atoms with Crippen molar-refractivity contribution in [1.82, 2.24) is 0 Å². The maximum Gasteiger partial charge on any atom is 0.416 e. The van der Waals surface area contributed by atoms with Crippen molar-refractivity contribution in [3.05, 3.63) is 65.4 Å². The molecule has 0 aromatic heterocycles. The molecular weight excluding hydrogens is 262 g/mol. The van der Waals surface area contributed by atoms with Crippen molar-refractivity contribution in [2.24, 2.45) is 0 Å². The van der Waals surface area contributed by atoms with E-state index >= 15 is 0 Å². The largest absolute Gasteiger partial charge is 0.418 e. The number of ether oxygens (including phenoxy) is 1. The number of amides is 1. The van der Waals surface area contributed by atoms with Crippen molar-refractivity contribution in [2.45, 2.75) is 13.8 Å². The van der Waals surface area contributed by atoms with Crippen LogP contribution in [0.25, 0.3) is 0 Å². The summed E-state index contributed by atoms with van der Waals surface area (Å²) in [4.78, 5) is 11.4. The maximum absolute atomic E-state index is 11.4. The monoisotopic (exact) mass is 277 g/mol. The average Bonchev–Trinajstić information content (AvgIpc) is 2.35. The van der Waals surface area contributed by atoms with Gasteiger partial charge in [0, 0.05) is 10.7 Å². The second kappa shape index (κ2) is 8.16. The third-order valence-electron chi connectivity index (χ3n) is 2.10. The fraction of sp³-hybridized carbons (Fsp3) is 0.133. The predicted molar refractivity (Wildman–Crippen MR) is 79.2 cm³/mol. The molecule has 0 radical (unpaired) electrons. The summed E-state index contributed by atoms with van der Waals surface area (Å²) >= 11 is 5.81. The molecule has 0 aliphatic heterocycles. The van der Waals surface area contributed by atoms with Crippen LogP contribution in [0.1, 0.15) is 12.5 Å². The van der Waals surface area contributed by atoms with Crippen LogP contribution < -0.4 is 5.32 Å². The van der Waals surface area contributed by atoms with E-state index in [1.807, 2.05) is 38.1 Å². The van der Waals surface area contributed by atoms with E-state index in [1.54, 1.807) is 24.3 Å². The van der Waals surface area contributed by atoms with Crippen LogP contribution in [0.15, 0.2) is 59.9 Å². The summed E-state index contributed by atoms with van der Waals surface area (Å²) in [6.45, 7) is 3.82. The molecular formula is C15H16ClNO2. The lowest BCUT2D eigenvalue weighted by Gasteiger charge is -2.03. The SMILES string of the molecule is C\C=C/C(Cl)=C\C=C\OC(=O)Nc1cccc(C)c1. The standard InChI is InChI=1S/C15H16ClNO2/c1-3-6-13(16)8-5-10-19-15(18)17-14-9-4-7-12(2)11-14/h3-11H,1-2H3,(H,17,18)/b6-3-,10-5+,13-8+. The van der Waals surface area contributed by atoms with E-state index in [1.165, 1.54) is 6.26 Å². The van der Waals surface area contributed by atoms with Gasteiger partial charge in [0.2, 0.25) is 0 Å². The third-order valence-corrected chi connectivity index (χ3v) is 2.35. The van der Waals surface area contributed by atoms with Gasteiger partial charge in [-0.15, -0.1) is 0 Å². The molecule has 0 atom stereocenters. The fourth-order valence-electron chi connectivity index (χ4n) is 1.32. The number of allylic oxidation sites excluding steroid dienone is 5. The molecule has 0 aliphatic rings. The van der Waals surface area contributed by atoms with Gasteiger partial charge < -0.3 is 4.74 Å². The number of halogens is 1. The highest BCUT2D eigenvalue weighted by molar-refractivity contribution is 6.31. The van der Waals surface area contributed by atoms with Crippen molar-refractivity contribution in [3.8, 4) is 0 Å². The molecule has 3 nitrogen and oxygen atoms in total. The maximum atomic E-state index is 11.4. The molecule has 4 heteroatoms. The number of rotatable bonds is 4. The zero-order valence-electron chi connectivity index (χ0n) is 10.9. The Bertz CT molecular complexity index is 519. The van der Waals surface area contributed by atoms with Crippen LogP contribution in [0.5, 0.6) is 0 Å². The van der Waals surface area contributed by atoms with Crippen molar-refractivity contribution in [3.63, 3.8) is 0 Å². The van der Waals surface area contributed by atoms with E-state index < -0.39 is 6.09 Å². The molecule has 0 aliphatic carbocycles. The molecule has 0 heterocycles. The Morgan fingerprint density at radius 1 is 1.42 bits per heavy atom. The van der Waals surface area contributed by atoms with Crippen LogP contribution in [0.2, 0.25) is 0 Å². The van der Waals surface area contributed by atoms with Crippen molar-refractivity contribution in [1.29, 1.82) is 0 Å². The van der Waals surface area contributed by atoms with Crippen molar-refractivity contribution < 1.29 is 9.53 Å². The summed E-state index contributed by atoms with van der Waals surface area (Å²) in [5, 5.41) is 3.17. The van der Waals surface area contributed by atoms with Gasteiger partial charge in [0.15, 0.2) is 0 Å². The van der Waals surface area contributed by atoms with E-state index in [0.29, 0.717) is 10.7 Å². The van der Waals surface area contributed by atoms with Gasteiger partial charge in [0.25, 0.3) is 0 Å². The van der Waals surface area contributed by atoms with Crippen LogP contribution in [0.3, 0.4) is 0 Å². The topological polar surface area (TPSA) is 38.3 Å². The molecule has 1 N–H and O–H groups in total. The van der Waals surface area contributed by atoms with E-state index in [-0.39, 0.29) is 0 Å². The normalized spacial score (nSPS) is 12.1. The highest BCUT2D eigenvalue weighted by Gasteiger charge is 2.00. The van der Waals surface area contributed by atoms with E-state index in [0.717, 1.165) is 5.56 Å². The zero-order valence-corrected chi connectivity index (χ0v) is 11.6. The van der Waals surface area contributed by atoms with Gasteiger partial charge in [-0.3, -0.25) is 5.32 Å². The van der Waals surface area contributed by atoms with E-state index in [9.17, 15) is 4.79 Å². The van der Waals surface area contributed by atoms with Gasteiger partial charge in [-0.1, -0.05) is 29.8 Å². The smallest absolute Gasteiger partial charge is 0.416 e. The van der Waals surface area contributed by atoms with Gasteiger partial charge in [0.1, 0.15) is 0 Å². The fourth-order valence-corrected chi connectivity index (χ4v) is 1.52. The first-order chi connectivity index (χ1) is 9.11. The van der Waals surface area contributed by atoms with Crippen LogP contribution in [-0.2, 0) is 4.74 Å². The lowest BCUT2D eigenvalue weighted by Crippen LogP contribution is -2.10. The molecule has 0 fully saturated rings. The van der Waals surface area contributed by atoms with Gasteiger partial charge in [-0.05, 0) is 49.8 Å². The molecule has 0 unspecified atom stereocenters. The first-order valence-electron chi connectivity index (χ1n) is 5.81. The molecule has 0 spiro atoms. The Morgan fingerprint density at radius 3 is 2.89 bits per heavy atom. The quantitative estimate of drug-likeness (QED) is 0.637. The molecule has 0 saturated heterocycles. The molecule has 100 valence electrons. The first-order valence-corrected chi connectivity index (χ1v) is 6.19. The van der Waals surface area contributed by atoms with E-state index in [2.05, 4.69) is 5.32 Å². The summed E-state index contributed by atoms with van der Waals surface area (Å²) < 4.78 is 4.86. The molecule has 1 amide bonds. The highest BCUT2D eigenvalue weighted by Crippen LogP contribution is 2.09. The van der Waals surface area contributed by atoms with Crippen molar-refractivity contribution in [2.75, 3.05) is 5.32 Å². The van der Waals surface area contributed by atoms with Crippen LogP contribution in [-0.4, -0.2) is 6.09 Å². The van der Waals surface area contributed by atoms with Crippen LogP contribution in [0.4, 0.5) is 10.5 Å². The Labute approximate surface area is 118 Å². The summed E-state index contributed by atoms with van der Waals surface area (Å²) in [5.41, 5.74) is 1.76. The number of carbonyl (C=O) groups is 1. The number of hydrogen-bond donors (Lipinski definition) is 1. The van der Waals surface area contributed by atoms with Crippen LogP contribution in [0, 0.1) is 6.92 Å². The van der Waals surface area contributed by atoms with Gasteiger partial charge in [-0.25, -0.2) is 4.79 Å². The number of hydrogen-bond acceptors (Lipinski definition) is 2. The van der Waals surface area contributed by atoms with Crippen LogP contribution >= 0.6 is 11.6 Å². The van der Waals surface area contributed by atoms with E-state index in [4.69, 9.17) is 16.3 Å². The second-order valence-corrected chi connectivity index (χ2v) is 4.22. The lowest BCUT2D eigenvalue weighted by atomic mass is 10.2. The zero-order chi connectivity index (χ0) is 14.1. The summed E-state index contributed by atoms with van der Waals surface area (Å²) in [5.74, 6) is 0. The molecule has 1 aromatic rings. The Kier molecular flexibility index (Phi) is 6.47. The first kappa shape index (κ1) is 15.1. The molecule has 0 bridgehead atoms. The number of anilines is 1. The third kappa shape index (κ3) is 6.48. The average molecular weight is 278 g/mol. The predicted octanol–water partition coefficient (Wildman–Crippen LogP) is 4.76. The highest BCUT2D eigenvalue weighted by atomic mass is 35.5. The Balaban J connectivity index is 2.44. The summed E-state index contributed by atoms with van der Waals surface area (Å²) in [6.07, 6.45) is 7.46. The Morgan fingerprint density at radius 2 is 2.21 bits per heavy atom. The molecule has 0 saturated carbocycles. The number of benzene rings is 1. The van der Waals surface area contributed by atoms with Gasteiger partial charge >= 0.3 is 6.09 Å². The number of nitrogens with one attached hydrogen (secondary N) is 1. The minimum atomic E-state index is -0.544. The summed E-state index contributed by atoms with van der Waals surface area (Å²) in [6, 6.07) is 7.46. The molecule has 19 heavy (non-hydrogen) atoms. The lowest BCUT2D eigenvalue weighted by molar-refractivity contribution is 0.201.